The monoisotopic (exact) mass is 478 g/mol. The van der Waals surface area contributed by atoms with Crippen molar-refractivity contribution in [3.8, 4) is 17.2 Å². The lowest BCUT2D eigenvalue weighted by Crippen LogP contribution is -2.30. The first-order valence-electron chi connectivity index (χ1n) is 10.9. The zero-order valence-corrected chi connectivity index (χ0v) is 19.3. The molecule has 35 heavy (non-hydrogen) atoms. The van der Waals surface area contributed by atoms with Crippen molar-refractivity contribution in [3.63, 3.8) is 0 Å². The van der Waals surface area contributed by atoms with E-state index in [0.29, 0.717) is 17.0 Å². The zero-order valence-electron chi connectivity index (χ0n) is 19.3. The summed E-state index contributed by atoms with van der Waals surface area (Å²) in [4.78, 5) is 36.1. The minimum absolute atomic E-state index is 0.115. The summed E-state index contributed by atoms with van der Waals surface area (Å²) in [5.41, 5.74) is 1.84. The molecule has 0 saturated heterocycles. The van der Waals surface area contributed by atoms with Gasteiger partial charge in [0.2, 0.25) is 0 Å². The molecule has 3 rings (SSSR count). The molecule has 0 radical (unpaired) electrons. The van der Waals surface area contributed by atoms with Crippen LogP contribution in [0.5, 0.6) is 17.2 Å². The Hall–Kier alpha value is -4.53. The van der Waals surface area contributed by atoms with E-state index in [9.17, 15) is 19.5 Å². The highest BCUT2D eigenvalue weighted by molar-refractivity contribution is 5.95. The molecule has 1 atom stereocenters. The number of anilines is 1. The van der Waals surface area contributed by atoms with Crippen LogP contribution in [0.1, 0.15) is 29.8 Å². The molecule has 3 N–H and O–H groups in total. The normalized spacial score (nSPS) is 11.1. The first-order valence-corrected chi connectivity index (χ1v) is 10.9. The molecule has 0 aliphatic carbocycles. The maximum absolute atomic E-state index is 12.4. The van der Waals surface area contributed by atoms with E-state index in [4.69, 9.17) is 14.2 Å². The van der Waals surface area contributed by atoms with Crippen LogP contribution in [0.2, 0.25) is 0 Å². The molecule has 3 aromatic rings. The van der Waals surface area contributed by atoms with Crippen LogP contribution >= 0.6 is 0 Å². The van der Waals surface area contributed by atoms with Gasteiger partial charge in [0.15, 0.2) is 6.10 Å². The van der Waals surface area contributed by atoms with Crippen molar-refractivity contribution in [2.24, 2.45) is 0 Å². The molecule has 0 saturated carbocycles. The Balaban J connectivity index is 1.46. The van der Waals surface area contributed by atoms with Gasteiger partial charge >= 0.3 is 6.16 Å². The van der Waals surface area contributed by atoms with Gasteiger partial charge in [-0.1, -0.05) is 12.1 Å². The van der Waals surface area contributed by atoms with Crippen LogP contribution in [0.3, 0.4) is 0 Å². The van der Waals surface area contributed by atoms with E-state index in [1.807, 2.05) is 0 Å². The smallest absolute Gasteiger partial charge is 0.508 e. The number of amides is 2. The van der Waals surface area contributed by atoms with Crippen LogP contribution in [0.15, 0.2) is 72.8 Å². The summed E-state index contributed by atoms with van der Waals surface area (Å²) in [5.74, 6) is 0.252. The second kappa shape index (κ2) is 12.1. The number of ether oxygens (including phenoxy) is 3. The predicted molar refractivity (Wildman–Crippen MR) is 129 cm³/mol. The number of aromatic hydroxyl groups is 1. The first kappa shape index (κ1) is 25.1. The van der Waals surface area contributed by atoms with E-state index in [2.05, 4.69) is 10.6 Å². The fourth-order valence-electron chi connectivity index (χ4n) is 2.93. The molecule has 3 aromatic carbocycles. The van der Waals surface area contributed by atoms with E-state index >= 15 is 0 Å². The minimum atomic E-state index is -0.802. The van der Waals surface area contributed by atoms with Crippen LogP contribution in [0.25, 0.3) is 0 Å². The summed E-state index contributed by atoms with van der Waals surface area (Å²) >= 11 is 0. The summed E-state index contributed by atoms with van der Waals surface area (Å²) in [6.07, 6.45) is -1.55. The summed E-state index contributed by atoms with van der Waals surface area (Å²) in [6, 6.07) is 19.3. The molecule has 0 spiro atoms. The lowest BCUT2D eigenvalue weighted by molar-refractivity contribution is -0.122. The number of phenols is 1. The zero-order chi connectivity index (χ0) is 25.2. The van der Waals surface area contributed by atoms with E-state index in [-0.39, 0.29) is 36.5 Å². The molecule has 0 bridgehead atoms. The topological polar surface area (TPSA) is 123 Å². The maximum atomic E-state index is 12.4. The SMILES string of the molecule is CCOC(=O)Oc1ccc(C(=O)NCc2ccc(NC(=O)C(C)Oc3ccc(O)cc3)cc2)cc1. The fourth-order valence-corrected chi connectivity index (χ4v) is 2.93. The molecule has 0 heterocycles. The van der Waals surface area contributed by atoms with E-state index in [0.717, 1.165) is 5.56 Å². The van der Waals surface area contributed by atoms with Crippen LogP contribution in [0, 0.1) is 0 Å². The number of benzene rings is 3. The Kier molecular flexibility index (Phi) is 8.66. The lowest BCUT2D eigenvalue weighted by Gasteiger charge is -2.15. The quantitative estimate of drug-likeness (QED) is 0.310. The third-order valence-corrected chi connectivity index (χ3v) is 4.77. The minimum Gasteiger partial charge on any atom is -0.508 e. The fraction of sp³-hybridized carbons (Fsp3) is 0.192. The third-order valence-electron chi connectivity index (χ3n) is 4.77. The molecular weight excluding hydrogens is 452 g/mol. The Morgan fingerprint density at radius 3 is 2.14 bits per heavy atom. The Labute approximate surface area is 202 Å². The Morgan fingerprint density at radius 1 is 0.886 bits per heavy atom. The Bertz CT molecular complexity index is 1140. The van der Waals surface area contributed by atoms with Gasteiger partial charge in [0.1, 0.15) is 17.2 Å². The lowest BCUT2D eigenvalue weighted by atomic mass is 10.1. The van der Waals surface area contributed by atoms with Crippen LogP contribution < -0.4 is 20.1 Å². The van der Waals surface area contributed by atoms with Gasteiger partial charge in [-0.05, 0) is 80.1 Å². The predicted octanol–water partition coefficient (Wildman–Crippen LogP) is 4.26. The van der Waals surface area contributed by atoms with Crippen molar-refractivity contribution in [3.05, 3.63) is 83.9 Å². The van der Waals surface area contributed by atoms with Crippen molar-refractivity contribution in [2.75, 3.05) is 11.9 Å². The summed E-state index contributed by atoms with van der Waals surface area (Å²) in [7, 11) is 0. The van der Waals surface area contributed by atoms with Gasteiger partial charge < -0.3 is 30.0 Å². The molecular formula is C26H26N2O7. The first-order chi connectivity index (χ1) is 16.8. The second-order valence-electron chi connectivity index (χ2n) is 7.43. The standard InChI is InChI=1S/C26H26N2O7/c1-3-33-26(32)35-23-12-6-19(7-13-23)25(31)27-16-18-4-8-20(9-5-18)28-24(30)17(2)34-22-14-10-21(29)11-15-22/h4-15,17,29H,3,16H2,1-2H3,(H,27,31)(H,28,30). The van der Waals surface area contributed by atoms with Crippen LogP contribution in [-0.2, 0) is 16.1 Å². The largest absolute Gasteiger partial charge is 0.513 e. The van der Waals surface area contributed by atoms with E-state index in [1.54, 1.807) is 62.4 Å². The van der Waals surface area contributed by atoms with Crippen molar-refractivity contribution < 1.29 is 33.7 Å². The molecule has 0 fully saturated rings. The number of rotatable bonds is 9. The number of nitrogens with one attached hydrogen (secondary N) is 2. The summed E-state index contributed by atoms with van der Waals surface area (Å²) in [6.45, 7) is 3.80. The highest BCUT2D eigenvalue weighted by atomic mass is 16.7. The van der Waals surface area contributed by atoms with Crippen molar-refractivity contribution in [2.45, 2.75) is 26.5 Å². The second-order valence-corrected chi connectivity index (χ2v) is 7.43. The van der Waals surface area contributed by atoms with Gasteiger partial charge in [-0.15, -0.1) is 0 Å². The number of carbonyl (C=O) groups is 3. The summed E-state index contributed by atoms with van der Waals surface area (Å²) in [5, 5.41) is 14.9. The van der Waals surface area contributed by atoms with Gasteiger partial charge in [0.25, 0.3) is 11.8 Å². The average molecular weight is 479 g/mol. The van der Waals surface area contributed by atoms with Crippen LogP contribution in [0.4, 0.5) is 10.5 Å². The molecule has 9 nitrogen and oxygen atoms in total. The number of hydrogen-bond acceptors (Lipinski definition) is 7. The van der Waals surface area contributed by atoms with Gasteiger partial charge in [0.05, 0.1) is 6.61 Å². The van der Waals surface area contributed by atoms with Crippen molar-refractivity contribution >= 4 is 23.7 Å². The van der Waals surface area contributed by atoms with Crippen molar-refractivity contribution in [1.29, 1.82) is 0 Å². The van der Waals surface area contributed by atoms with Gasteiger partial charge in [-0.25, -0.2) is 4.79 Å². The highest BCUT2D eigenvalue weighted by Gasteiger charge is 2.15. The molecule has 2 amide bonds. The Morgan fingerprint density at radius 2 is 1.51 bits per heavy atom. The number of carbonyl (C=O) groups excluding carboxylic acids is 3. The molecule has 9 heteroatoms. The van der Waals surface area contributed by atoms with Gasteiger partial charge in [-0.2, -0.15) is 0 Å². The van der Waals surface area contributed by atoms with Crippen molar-refractivity contribution in [1.82, 2.24) is 5.32 Å². The molecule has 182 valence electrons. The molecule has 0 aliphatic rings. The van der Waals surface area contributed by atoms with Gasteiger partial charge in [-0.3, -0.25) is 9.59 Å². The van der Waals surface area contributed by atoms with Gasteiger partial charge in [0, 0.05) is 17.8 Å². The summed E-state index contributed by atoms with van der Waals surface area (Å²) < 4.78 is 15.2. The highest BCUT2D eigenvalue weighted by Crippen LogP contribution is 2.18. The average Bonchev–Trinajstić information content (AvgIpc) is 2.85. The van der Waals surface area contributed by atoms with E-state index in [1.165, 1.54) is 24.3 Å². The third kappa shape index (κ3) is 7.78. The molecule has 0 aromatic heterocycles. The van der Waals surface area contributed by atoms with E-state index < -0.39 is 12.3 Å². The maximum Gasteiger partial charge on any atom is 0.513 e. The van der Waals surface area contributed by atoms with Crippen LogP contribution in [-0.4, -0.2) is 35.8 Å². The molecule has 0 aliphatic heterocycles. The number of hydrogen-bond donors (Lipinski definition) is 3. The number of phenolic OH excluding ortho intramolecular Hbond substituents is 1. The molecule has 1 unspecified atom stereocenters.